The van der Waals surface area contributed by atoms with Crippen molar-refractivity contribution in [2.75, 3.05) is 26.4 Å². The van der Waals surface area contributed by atoms with E-state index in [9.17, 15) is 10.1 Å². The molecule has 1 unspecified atom stereocenters. The molecule has 1 spiro atoms. The van der Waals surface area contributed by atoms with E-state index in [4.69, 9.17) is 31.3 Å². The van der Waals surface area contributed by atoms with Gasteiger partial charge in [-0.3, -0.25) is 14.6 Å². The van der Waals surface area contributed by atoms with E-state index in [1.807, 2.05) is 26.1 Å². The number of anilines is 1. The Bertz CT molecular complexity index is 1700. The van der Waals surface area contributed by atoms with Gasteiger partial charge in [0.2, 0.25) is 5.88 Å². The highest BCUT2D eigenvalue weighted by atomic mass is 32.1. The molecule has 2 aliphatic carbocycles. The van der Waals surface area contributed by atoms with Crippen molar-refractivity contribution in [3.8, 4) is 17.8 Å². The van der Waals surface area contributed by atoms with Gasteiger partial charge in [-0.2, -0.15) is 15.3 Å². The molecule has 2 fully saturated rings. The van der Waals surface area contributed by atoms with Crippen LogP contribution in [0.25, 0.3) is 11.5 Å². The number of Topliss-reactive ketones (excluding diaryl/α,β-unsaturated/α-hetero) is 1. The Balaban J connectivity index is 0.00000182. The van der Waals surface area contributed by atoms with Crippen LogP contribution in [0.3, 0.4) is 0 Å². The minimum absolute atomic E-state index is 0.0324. The second kappa shape index (κ2) is 12.8. The van der Waals surface area contributed by atoms with Gasteiger partial charge in [-0.15, -0.1) is 11.3 Å². The summed E-state index contributed by atoms with van der Waals surface area (Å²) in [4.78, 5) is 29.7. The van der Waals surface area contributed by atoms with Crippen molar-refractivity contribution in [2.24, 2.45) is 5.73 Å². The maximum Gasteiger partial charge on any atom is 0.219 e. The molecule has 4 aliphatic rings. The van der Waals surface area contributed by atoms with Crippen molar-refractivity contribution in [3.63, 3.8) is 0 Å². The third-order valence-electron chi connectivity index (χ3n) is 10.00. The van der Waals surface area contributed by atoms with Crippen molar-refractivity contribution >= 4 is 27.8 Å². The third kappa shape index (κ3) is 5.48. The van der Waals surface area contributed by atoms with E-state index < -0.39 is 5.41 Å². The molecule has 7 rings (SSSR count). The molecule has 0 aromatic carbocycles. The molecule has 0 bridgehead atoms. The predicted molar refractivity (Wildman–Crippen MR) is 179 cm³/mol. The minimum atomic E-state index is -0.793. The second-order valence-electron chi connectivity index (χ2n) is 12.9. The van der Waals surface area contributed by atoms with Crippen LogP contribution < -0.4 is 16.2 Å². The number of carbonyl (C=O) groups excluding carboxylic acids is 1. The Hall–Kier alpha value is -3.79. The summed E-state index contributed by atoms with van der Waals surface area (Å²) in [6.07, 6.45) is 8.45. The molecule has 3 aromatic heterocycles. The number of fused-ring (bicyclic) bond motifs is 3. The lowest BCUT2D eigenvalue weighted by atomic mass is 9.61. The lowest BCUT2D eigenvalue weighted by Crippen LogP contribution is -2.43. The number of ether oxygens (including phenoxy) is 1. The Morgan fingerprint density at radius 3 is 2.63 bits per heavy atom. The molecule has 0 amide bonds. The van der Waals surface area contributed by atoms with E-state index >= 15 is 0 Å². The SMILES string of the molecule is CC.C[C@H](Oc1cc(-n2cc3c(n2)CN(C)C3)nc(/C(N)=C2\CCC[C@@]3(CCCc4sc(N)c(C#N)c43)C2=O)n1)C1CCCN1C. The van der Waals surface area contributed by atoms with Crippen molar-refractivity contribution in [1.82, 2.24) is 29.5 Å². The number of hydrogen-bond donors (Lipinski definition) is 2. The maximum atomic E-state index is 14.5. The van der Waals surface area contributed by atoms with Gasteiger partial charge in [0.1, 0.15) is 17.2 Å². The Labute approximate surface area is 275 Å². The van der Waals surface area contributed by atoms with E-state index in [-0.39, 0.29) is 29.5 Å². The standard InChI is InChI=1S/C32H39N9O2S.C2H6/c1-18(23-8-6-12-40(23)3)43-26-13-25(41-16-19-15-39(2)17-22(19)38-41)36-31(37-26)28(34)20-7-4-10-32(29(20)42)11-5-9-24-27(32)21(14-33)30(35)44-24;1-2/h13,16,18,23H,4-12,15,17,34-35H2,1-3H3;1-2H3/b28-20-;/t18-,23?,32-;/m0./s1. The van der Waals surface area contributed by atoms with Gasteiger partial charge in [0.15, 0.2) is 17.4 Å². The monoisotopic (exact) mass is 643 g/mol. The number of likely N-dealkylation sites (tertiary alicyclic amines) is 1. The van der Waals surface area contributed by atoms with Gasteiger partial charge < -0.3 is 16.2 Å². The Morgan fingerprint density at radius 1 is 1.17 bits per heavy atom. The molecule has 12 heteroatoms. The average molecular weight is 644 g/mol. The fourth-order valence-corrected chi connectivity index (χ4v) is 9.02. The van der Waals surface area contributed by atoms with Crippen molar-refractivity contribution in [3.05, 3.63) is 50.9 Å². The first-order valence-electron chi connectivity index (χ1n) is 16.6. The van der Waals surface area contributed by atoms with E-state index in [0.29, 0.717) is 47.1 Å². The fraction of sp³-hybridized carbons (Fsp3) is 0.559. The van der Waals surface area contributed by atoms with Crippen molar-refractivity contribution < 1.29 is 9.53 Å². The molecule has 46 heavy (non-hydrogen) atoms. The van der Waals surface area contributed by atoms with E-state index in [0.717, 1.165) is 73.4 Å². The molecule has 5 heterocycles. The maximum absolute atomic E-state index is 14.5. The van der Waals surface area contributed by atoms with Crippen LogP contribution >= 0.6 is 11.3 Å². The number of nitrogens with two attached hydrogens (primary N) is 2. The summed E-state index contributed by atoms with van der Waals surface area (Å²) in [5, 5.41) is 15.3. The van der Waals surface area contributed by atoms with E-state index in [1.54, 1.807) is 4.68 Å². The van der Waals surface area contributed by atoms with Crippen LogP contribution in [0.1, 0.15) is 98.8 Å². The summed E-state index contributed by atoms with van der Waals surface area (Å²) in [5.74, 6) is 1.19. The summed E-state index contributed by atoms with van der Waals surface area (Å²) >= 11 is 1.44. The lowest BCUT2D eigenvalue weighted by Gasteiger charge is -2.40. The number of ketones is 1. The second-order valence-corrected chi connectivity index (χ2v) is 14.0. The average Bonchev–Trinajstić information content (AvgIpc) is 3.81. The summed E-state index contributed by atoms with van der Waals surface area (Å²) in [6.45, 7) is 8.71. The van der Waals surface area contributed by atoms with Crippen LogP contribution in [0.15, 0.2) is 17.8 Å². The highest BCUT2D eigenvalue weighted by Gasteiger charge is 2.49. The quantitative estimate of drug-likeness (QED) is 0.374. The number of thiophene rings is 1. The summed E-state index contributed by atoms with van der Waals surface area (Å²) < 4.78 is 8.23. The number of likely N-dealkylation sites (N-methyl/N-ethyl adjacent to an activating group) is 1. The fourth-order valence-electron chi connectivity index (χ4n) is 7.86. The van der Waals surface area contributed by atoms with Gasteiger partial charge in [-0.05, 0) is 84.5 Å². The zero-order chi connectivity index (χ0) is 32.7. The molecule has 0 radical (unpaired) electrons. The molecule has 2 aliphatic heterocycles. The molecule has 3 atom stereocenters. The topological polar surface area (TPSA) is 152 Å². The number of carbonyl (C=O) groups is 1. The highest BCUT2D eigenvalue weighted by molar-refractivity contribution is 7.16. The summed E-state index contributed by atoms with van der Waals surface area (Å²) in [5.41, 5.74) is 16.6. The van der Waals surface area contributed by atoms with Crippen LogP contribution in [0, 0.1) is 11.3 Å². The zero-order valence-corrected chi connectivity index (χ0v) is 28.4. The first kappa shape index (κ1) is 32.2. The van der Waals surface area contributed by atoms with Crippen molar-refractivity contribution in [1.29, 1.82) is 5.26 Å². The van der Waals surface area contributed by atoms with Crippen LogP contribution in [0.5, 0.6) is 5.88 Å². The van der Waals surface area contributed by atoms with Gasteiger partial charge in [0.05, 0.1) is 22.4 Å². The molecular formula is C34H45N9O2S. The highest BCUT2D eigenvalue weighted by Crippen LogP contribution is 2.52. The number of nitriles is 1. The normalized spacial score (nSPS) is 24.6. The van der Waals surface area contributed by atoms with Crippen LogP contribution in [-0.4, -0.2) is 68.1 Å². The van der Waals surface area contributed by atoms with E-state index in [2.05, 4.69) is 36.9 Å². The number of hydrogen-bond acceptors (Lipinski definition) is 11. The molecule has 1 saturated heterocycles. The number of nitrogens with zero attached hydrogens (tertiary/aromatic N) is 7. The zero-order valence-electron chi connectivity index (χ0n) is 27.6. The minimum Gasteiger partial charge on any atom is -0.473 e. The van der Waals surface area contributed by atoms with Gasteiger partial charge in [-0.25, -0.2) is 9.67 Å². The van der Waals surface area contributed by atoms with Gasteiger partial charge in [0.25, 0.3) is 0 Å². The molecule has 4 N–H and O–H groups in total. The number of allylic oxidation sites excluding steroid dienone is 1. The first-order chi connectivity index (χ1) is 22.2. The lowest BCUT2D eigenvalue weighted by molar-refractivity contribution is -0.122. The van der Waals surface area contributed by atoms with E-state index in [1.165, 1.54) is 11.3 Å². The summed E-state index contributed by atoms with van der Waals surface area (Å²) in [7, 11) is 4.20. The van der Waals surface area contributed by atoms with Gasteiger partial charge >= 0.3 is 0 Å². The van der Waals surface area contributed by atoms with Crippen molar-refractivity contribution in [2.45, 2.75) is 103 Å². The van der Waals surface area contributed by atoms with Crippen LogP contribution in [-0.2, 0) is 29.7 Å². The Kier molecular flexibility index (Phi) is 8.93. The van der Waals surface area contributed by atoms with Gasteiger partial charge in [-0.1, -0.05) is 13.8 Å². The first-order valence-corrected chi connectivity index (χ1v) is 17.4. The Morgan fingerprint density at radius 2 is 1.93 bits per heavy atom. The predicted octanol–water partition coefficient (Wildman–Crippen LogP) is 4.71. The molecule has 3 aromatic rings. The van der Waals surface area contributed by atoms with Gasteiger partial charge in [0, 0.05) is 47.4 Å². The largest absolute Gasteiger partial charge is 0.473 e. The van der Waals surface area contributed by atoms with Crippen LogP contribution in [0.4, 0.5) is 5.00 Å². The number of rotatable bonds is 5. The number of aryl methyl sites for hydroxylation is 1. The third-order valence-corrected chi connectivity index (χ3v) is 11.1. The number of nitrogen functional groups attached to an aromatic ring is 1. The number of aromatic nitrogens is 4. The molecule has 1 saturated carbocycles. The molecule has 244 valence electrons. The molecule has 11 nitrogen and oxygen atoms in total. The smallest absolute Gasteiger partial charge is 0.219 e. The molecular weight excluding hydrogens is 599 g/mol. The van der Waals surface area contributed by atoms with Crippen LogP contribution in [0.2, 0.25) is 0 Å². The summed E-state index contributed by atoms with van der Waals surface area (Å²) in [6, 6.07) is 4.39.